The molecule has 0 bridgehead atoms. The summed E-state index contributed by atoms with van der Waals surface area (Å²) < 4.78 is 0. The molecule has 0 saturated carbocycles. The van der Waals surface area contributed by atoms with Crippen molar-refractivity contribution < 1.29 is 0 Å². The third kappa shape index (κ3) is 4.83. The molecule has 0 spiro atoms. The van der Waals surface area contributed by atoms with Gasteiger partial charge in [-0.25, -0.2) is 0 Å². The van der Waals surface area contributed by atoms with Crippen molar-refractivity contribution in [3.63, 3.8) is 0 Å². The van der Waals surface area contributed by atoms with Crippen molar-refractivity contribution >= 4 is 22.1 Å². The zero-order chi connectivity index (χ0) is 22.3. The second-order valence-electron chi connectivity index (χ2n) is 8.30. The van der Waals surface area contributed by atoms with Crippen molar-refractivity contribution in [1.29, 1.82) is 0 Å². The Kier molecular flexibility index (Phi) is 7.49. The van der Waals surface area contributed by atoms with Crippen LogP contribution < -0.4 is 15.5 Å². The first-order chi connectivity index (χ1) is 15.7. The van der Waals surface area contributed by atoms with E-state index < -0.39 is 0 Å². The van der Waals surface area contributed by atoms with Crippen LogP contribution in [0, 0.1) is 0 Å². The summed E-state index contributed by atoms with van der Waals surface area (Å²) in [5.74, 6) is 0. The van der Waals surface area contributed by atoms with Crippen LogP contribution in [0.25, 0.3) is 10.8 Å². The second-order valence-corrected chi connectivity index (χ2v) is 8.30. The molecular weight excluding hydrogens is 402 g/mol. The van der Waals surface area contributed by atoms with Gasteiger partial charge in [0.2, 0.25) is 0 Å². The lowest BCUT2D eigenvalue weighted by Crippen LogP contribution is -2.61. The summed E-state index contributed by atoms with van der Waals surface area (Å²) in [6, 6.07) is 13.2. The topological polar surface area (TPSA) is 101 Å². The molecule has 9 nitrogen and oxygen atoms in total. The Morgan fingerprint density at radius 2 is 1.31 bits per heavy atom. The predicted octanol–water partition coefficient (Wildman–Crippen LogP) is 4.68. The maximum atomic E-state index is 4.36. The van der Waals surface area contributed by atoms with Crippen LogP contribution in [0.5, 0.6) is 0 Å². The molecule has 2 aromatic carbocycles. The lowest BCUT2D eigenvalue weighted by atomic mass is 9.98. The van der Waals surface area contributed by atoms with Crippen molar-refractivity contribution in [3.8, 4) is 0 Å². The smallest absolute Gasteiger partial charge is 0.0932 e. The third-order valence-electron chi connectivity index (χ3n) is 6.32. The molecule has 0 amide bonds. The highest BCUT2D eigenvalue weighted by atomic mass is 15.4. The Bertz CT molecular complexity index is 939. The molecule has 2 heterocycles. The van der Waals surface area contributed by atoms with Gasteiger partial charge in [-0.1, -0.05) is 24.3 Å². The Morgan fingerprint density at radius 1 is 0.719 bits per heavy atom. The number of piperidine rings is 2. The number of azo groups is 3. The van der Waals surface area contributed by atoms with Crippen LogP contribution in [-0.2, 0) is 0 Å². The van der Waals surface area contributed by atoms with Gasteiger partial charge in [-0.2, -0.15) is 30.7 Å². The normalized spacial score (nSPS) is 27.1. The van der Waals surface area contributed by atoms with Gasteiger partial charge < -0.3 is 4.90 Å². The van der Waals surface area contributed by atoms with E-state index in [1.165, 1.54) is 11.1 Å². The number of hydrogen-bond acceptors (Lipinski definition) is 9. The molecule has 2 fully saturated rings. The van der Waals surface area contributed by atoms with Gasteiger partial charge in [0, 0.05) is 50.7 Å². The molecule has 2 aromatic rings. The second kappa shape index (κ2) is 10.7. The average molecular weight is 436 g/mol. The van der Waals surface area contributed by atoms with Crippen LogP contribution >= 0.6 is 0 Å². The van der Waals surface area contributed by atoms with Gasteiger partial charge >= 0.3 is 0 Å². The summed E-state index contributed by atoms with van der Waals surface area (Å²) in [7, 11) is 5.20. The maximum absolute atomic E-state index is 4.36. The maximum Gasteiger partial charge on any atom is 0.0932 e. The molecule has 0 aliphatic carbocycles. The quantitative estimate of drug-likeness (QED) is 0.644. The van der Waals surface area contributed by atoms with Gasteiger partial charge in [0.15, 0.2) is 0 Å². The molecule has 0 radical (unpaired) electrons. The number of rotatable bonds is 6. The monoisotopic (exact) mass is 435 g/mol. The van der Waals surface area contributed by atoms with Crippen LogP contribution in [0.3, 0.4) is 0 Å². The zero-order valence-corrected chi connectivity index (χ0v) is 19.1. The number of hydrogen-bond donors (Lipinski definition) is 2. The van der Waals surface area contributed by atoms with Crippen molar-refractivity contribution in [2.45, 2.75) is 50.1 Å². The molecule has 4 atom stereocenters. The SMILES string of the molecule is CN=Nc1ccc(N(C2CCC(N=NC)CN2)C2CCC(N=NC)CN2)c2ccccc12. The molecule has 2 aliphatic heterocycles. The predicted molar refractivity (Wildman–Crippen MR) is 128 cm³/mol. The number of nitrogens with one attached hydrogen (secondary N) is 2. The fourth-order valence-corrected chi connectivity index (χ4v) is 4.89. The fraction of sp³-hybridized carbons (Fsp3) is 0.565. The van der Waals surface area contributed by atoms with E-state index in [9.17, 15) is 0 Å². The molecule has 170 valence electrons. The van der Waals surface area contributed by atoms with E-state index in [0.717, 1.165) is 49.8 Å². The van der Waals surface area contributed by atoms with Gasteiger partial charge in [-0.3, -0.25) is 10.6 Å². The minimum Gasteiger partial charge on any atom is -0.340 e. The Morgan fingerprint density at radius 3 is 1.81 bits per heavy atom. The van der Waals surface area contributed by atoms with Gasteiger partial charge in [0.05, 0.1) is 30.1 Å². The highest BCUT2D eigenvalue weighted by molar-refractivity contribution is 6.01. The molecule has 2 N–H and O–H groups in total. The number of anilines is 1. The highest BCUT2D eigenvalue weighted by Gasteiger charge is 2.33. The molecule has 2 aliphatic rings. The summed E-state index contributed by atoms with van der Waals surface area (Å²) in [6.45, 7) is 1.66. The van der Waals surface area contributed by atoms with Crippen molar-refractivity contribution in [1.82, 2.24) is 10.6 Å². The Hall–Kier alpha value is -2.78. The standard InChI is InChI=1S/C23H33N9/c1-24-29-16-8-12-22(27-14-16)32(23-13-9-17(15-28-23)30-25-2)21-11-10-20(31-26-3)18-6-4-5-7-19(18)21/h4-7,10-11,16-17,22-23,27-28H,8-9,12-15H2,1-3H3. The molecule has 4 unspecified atom stereocenters. The summed E-state index contributed by atoms with van der Waals surface area (Å²) >= 11 is 0. The third-order valence-corrected chi connectivity index (χ3v) is 6.32. The van der Waals surface area contributed by atoms with E-state index in [1.807, 2.05) is 0 Å². The molecule has 32 heavy (non-hydrogen) atoms. The number of fused-ring (bicyclic) bond motifs is 1. The van der Waals surface area contributed by atoms with Gasteiger partial charge in [-0.05, 0) is 37.8 Å². The van der Waals surface area contributed by atoms with E-state index in [-0.39, 0.29) is 24.4 Å². The minimum absolute atomic E-state index is 0.210. The lowest BCUT2D eigenvalue weighted by molar-refractivity contribution is 0.280. The van der Waals surface area contributed by atoms with Crippen LogP contribution in [0.1, 0.15) is 25.7 Å². The minimum atomic E-state index is 0.210. The first-order valence-corrected chi connectivity index (χ1v) is 11.4. The summed E-state index contributed by atoms with van der Waals surface area (Å²) in [6.07, 6.45) is 4.47. The van der Waals surface area contributed by atoms with E-state index in [0.29, 0.717) is 0 Å². The van der Waals surface area contributed by atoms with Gasteiger partial charge in [0.1, 0.15) is 0 Å². The lowest BCUT2D eigenvalue weighted by Gasteiger charge is -2.45. The molecule has 0 aromatic heterocycles. The summed E-state index contributed by atoms with van der Waals surface area (Å²) in [5.41, 5.74) is 2.10. The average Bonchev–Trinajstić information content (AvgIpc) is 2.83. The van der Waals surface area contributed by atoms with Crippen LogP contribution in [0.4, 0.5) is 11.4 Å². The largest absolute Gasteiger partial charge is 0.340 e. The van der Waals surface area contributed by atoms with Crippen LogP contribution in [0.2, 0.25) is 0 Å². The fourth-order valence-electron chi connectivity index (χ4n) is 4.89. The van der Waals surface area contributed by atoms with Crippen molar-refractivity contribution in [3.05, 3.63) is 36.4 Å². The molecule has 9 heteroatoms. The molecular formula is C23H33N9. The first-order valence-electron chi connectivity index (χ1n) is 11.4. The van der Waals surface area contributed by atoms with Crippen molar-refractivity contribution in [2.75, 3.05) is 39.1 Å². The van der Waals surface area contributed by atoms with Gasteiger partial charge in [0.25, 0.3) is 0 Å². The zero-order valence-electron chi connectivity index (χ0n) is 19.1. The highest BCUT2D eigenvalue weighted by Crippen LogP contribution is 2.37. The molecule has 4 rings (SSSR count). The van der Waals surface area contributed by atoms with E-state index in [2.05, 4.69) is 82.6 Å². The van der Waals surface area contributed by atoms with E-state index >= 15 is 0 Å². The summed E-state index contributed by atoms with van der Waals surface area (Å²) in [4.78, 5) is 2.52. The Labute approximate surface area is 189 Å². The van der Waals surface area contributed by atoms with Gasteiger partial charge in [-0.15, -0.1) is 0 Å². The van der Waals surface area contributed by atoms with E-state index in [1.54, 1.807) is 21.1 Å². The number of nitrogens with zero attached hydrogens (tertiary/aromatic N) is 7. The van der Waals surface area contributed by atoms with Crippen molar-refractivity contribution in [2.24, 2.45) is 30.7 Å². The first kappa shape index (κ1) is 22.4. The van der Waals surface area contributed by atoms with Crippen LogP contribution in [0.15, 0.2) is 67.1 Å². The van der Waals surface area contributed by atoms with E-state index in [4.69, 9.17) is 0 Å². The molecule has 2 saturated heterocycles. The number of benzene rings is 2. The summed E-state index contributed by atoms with van der Waals surface area (Å²) in [5, 5.41) is 34.8. The van der Waals surface area contributed by atoms with Crippen LogP contribution in [-0.4, -0.2) is 58.6 Å². The Balaban J connectivity index is 1.69.